The molecule has 0 N–H and O–H groups in total. The second kappa shape index (κ2) is 6.33. The molecular weight excluding hydrogens is 228 g/mol. The average Bonchev–Trinajstić information content (AvgIpc) is 2.27. The molecule has 0 aromatic carbocycles. The molecule has 0 saturated carbocycles. The van der Waals surface area contributed by atoms with Gasteiger partial charge in [-0.3, -0.25) is 4.79 Å². The average molecular weight is 243 g/mol. The summed E-state index contributed by atoms with van der Waals surface area (Å²) in [5.41, 5.74) is 0. The molecule has 0 aliphatic rings. The molecule has 88 valence electrons. The monoisotopic (exact) mass is 242 g/mol. The van der Waals surface area contributed by atoms with E-state index in [0.717, 1.165) is 0 Å². The first kappa shape index (κ1) is 12.8. The second-order valence-electron chi connectivity index (χ2n) is 3.29. The summed E-state index contributed by atoms with van der Waals surface area (Å²) in [5, 5.41) is 0.578. The third kappa shape index (κ3) is 3.70. The van der Waals surface area contributed by atoms with E-state index in [9.17, 15) is 4.79 Å². The lowest BCUT2D eigenvalue weighted by molar-refractivity contribution is -0.142. The van der Waals surface area contributed by atoms with Crippen LogP contribution < -0.4 is 4.90 Å². The maximum Gasteiger partial charge on any atom is 0.307 e. The number of rotatable bonds is 5. The van der Waals surface area contributed by atoms with Crippen LogP contribution in [0.2, 0.25) is 5.02 Å². The maximum absolute atomic E-state index is 11.2. The largest absolute Gasteiger partial charge is 0.466 e. The topological polar surface area (TPSA) is 42.4 Å². The predicted octanol–water partition coefficient (Wildman–Crippen LogP) is 2.12. The highest BCUT2D eigenvalue weighted by molar-refractivity contribution is 6.32. The van der Waals surface area contributed by atoms with E-state index in [1.165, 1.54) is 0 Å². The zero-order valence-corrected chi connectivity index (χ0v) is 10.2. The molecule has 1 aromatic rings. The molecular formula is C11H15ClN2O2. The molecule has 0 amide bonds. The SMILES string of the molecule is CCOC(=O)CCN(C)c1ncccc1Cl. The number of hydrogen-bond donors (Lipinski definition) is 0. The van der Waals surface area contributed by atoms with E-state index < -0.39 is 0 Å². The molecule has 0 radical (unpaired) electrons. The lowest BCUT2D eigenvalue weighted by Gasteiger charge is -2.18. The molecule has 0 atom stereocenters. The summed E-state index contributed by atoms with van der Waals surface area (Å²) >= 11 is 5.98. The van der Waals surface area contributed by atoms with Gasteiger partial charge in [0.1, 0.15) is 5.82 Å². The Morgan fingerprint density at radius 1 is 1.62 bits per heavy atom. The minimum Gasteiger partial charge on any atom is -0.466 e. The van der Waals surface area contributed by atoms with Crippen LogP contribution in [0.3, 0.4) is 0 Å². The summed E-state index contributed by atoms with van der Waals surface area (Å²) in [6.07, 6.45) is 2.00. The van der Waals surface area contributed by atoms with Crippen molar-refractivity contribution in [2.24, 2.45) is 0 Å². The van der Waals surface area contributed by atoms with Crippen molar-refractivity contribution < 1.29 is 9.53 Å². The van der Waals surface area contributed by atoms with Gasteiger partial charge in [-0.05, 0) is 19.1 Å². The van der Waals surface area contributed by atoms with Gasteiger partial charge in [0.05, 0.1) is 18.1 Å². The van der Waals surface area contributed by atoms with Gasteiger partial charge >= 0.3 is 5.97 Å². The Balaban J connectivity index is 2.50. The van der Waals surface area contributed by atoms with Gasteiger partial charge in [-0.15, -0.1) is 0 Å². The van der Waals surface area contributed by atoms with Crippen LogP contribution in [-0.2, 0) is 9.53 Å². The van der Waals surface area contributed by atoms with E-state index in [1.54, 1.807) is 25.3 Å². The number of anilines is 1. The Morgan fingerprint density at radius 2 is 2.38 bits per heavy atom. The van der Waals surface area contributed by atoms with Gasteiger partial charge in [0.15, 0.2) is 0 Å². The molecule has 0 spiro atoms. The van der Waals surface area contributed by atoms with Gasteiger partial charge in [0, 0.05) is 19.8 Å². The van der Waals surface area contributed by atoms with Crippen molar-refractivity contribution in [2.75, 3.05) is 25.1 Å². The van der Waals surface area contributed by atoms with E-state index >= 15 is 0 Å². The van der Waals surface area contributed by atoms with Crippen LogP contribution in [0, 0.1) is 0 Å². The predicted molar refractivity (Wildman–Crippen MR) is 63.8 cm³/mol. The molecule has 0 bridgehead atoms. The minimum atomic E-state index is -0.207. The Bertz CT molecular complexity index is 358. The van der Waals surface area contributed by atoms with Gasteiger partial charge < -0.3 is 9.64 Å². The van der Waals surface area contributed by atoms with Crippen molar-refractivity contribution in [1.82, 2.24) is 4.98 Å². The number of carbonyl (C=O) groups is 1. The zero-order valence-electron chi connectivity index (χ0n) is 9.44. The Morgan fingerprint density at radius 3 is 3.00 bits per heavy atom. The first-order valence-electron chi connectivity index (χ1n) is 5.12. The number of ether oxygens (including phenoxy) is 1. The maximum atomic E-state index is 11.2. The summed E-state index contributed by atoms with van der Waals surface area (Å²) in [6.45, 7) is 2.74. The van der Waals surface area contributed by atoms with Crippen LogP contribution >= 0.6 is 11.6 Å². The quantitative estimate of drug-likeness (QED) is 0.742. The van der Waals surface area contributed by atoms with Gasteiger partial charge in [-0.25, -0.2) is 4.98 Å². The third-order valence-corrected chi connectivity index (χ3v) is 2.35. The van der Waals surface area contributed by atoms with E-state index in [-0.39, 0.29) is 5.97 Å². The minimum absolute atomic E-state index is 0.207. The van der Waals surface area contributed by atoms with Crippen molar-refractivity contribution in [3.63, 3.8) is 0 Å². The Hall–Kier alpha value is -1.29. The lowest BCUT2D eigenvalue weighted by Crippen LogP contribution is -2.23. The fourth-order valence-electron chi connectivity index (χ4n) is 1.26. The standard InChI is InChI=1S/C11H15ClN2O2/c1-3-16-10(15)6-8-14(2)11-9(12)5-4-7-13-11/h4-5,7H,3,6,8H2,1-2H3. The van der Waals surface area contributed by atoms with Gasteiger partial charge in [-0.2, -0.15) is 0 Å². The van der Waals surface area contributed by atoms with E-state index in [1.807, 2.05) is 11.9 Å². The fourth-order valence-corrected chi connectivity index (χ4v) is 1.52. The van der Waals surface area contributed by atoms with Crippen LogP contribution in [0.5, 0.6) is 0 Å². The number of pyridine rings is 1. The first-order chi connectivity index (χ1) is 7.65. The van der Waals surface area contributed by atoms with Crippen LogP contribution in [0.1, 0.15) is 13.3 Å². The summed E-state index contributed by atoms with van der Waals surface area (Å²) in [6, 6.07) is 3.54. The molecule has 0 unspecified atom stereocenters. The normalized spacial score (nSPS) is 9.94. The summed E-state index contributed by atoms with van der Waals surface area (Å²) < 4.78 is 4.84. The van der Waals surface area contributed by atoms with E-state index in [2.05, 4.69) is 4.98 Å². The van der Waals surface area contributed by atoms with Crippen molar-refractivity contribution >= 4 is 23.4 Å². The van der Waals surface area contributed by atoms with Crippen molar-refractivity contribution in [3.05, 3.63) is 23.4 Å². The highest BCUT2D eigenvalue weighted by Gasteiger charge is 2.09. The highest BCUT2D eigenvalue weighted by atomic mass is 35.5. The Kier molecular flexibility index (Phi) is 5.05. The molecule has 0 aliphatic heterocycles. The smallest absolute Gasteiger partial charge is 0.307 e. The first-order valence-corrected chi connectivity index (χ1v) is 5.50. The molecule has 1 rings (SSSR count). The summed E-state index contributed by atoms with van der Waals surface area (Å²) in [5.74, 6) is 0.467. The molecule has 0 aliphatic carbocycles. The second-order valence-corrected chi connectivity index (χ2v) is 3.69. The summed E-state index contributed by atoms with van der Waals surface area (Å²) in [7, 11) is 1.84. The van der Waals surface area contributed by atoms with Crippen LogP contribution in [0.15, 0.2) is 18.3 Å². The number of nitrogens with zero attached hydrogens (tertiary/aromatic N) is 2. The van der Waals surface area contributed by atoms with Crippen LogP contribution in [0.4, 0.5) is 5.82 Å². The molecule has 16 heavy (non-hydrogen) atoms. The number of halogens is 1. The van der Waals surface area contributed by atoms with E-state index in [0.29, 0.717) is 30.4 Å². The summed E-state index contributed by atoms with van der Waals surface area (Å²) in [4.78, 5) is 17.1. The van der Waals surface area contributed by atoms with Crippen molar-refractivity contribution in [3.8, 4) is 0 Å². The number of aromatic nitrogens is 1. The van der Waals surface area contributed by atoms with Gasteiger partial charge in [-0.1, -0.05) is 11.6 Å². The number of carbonyl (C=O) groups excluding carboxylic acids is 1. The fraction of sp³-hybridized carbons (Fsp3) is 0.455. The van der Waals surface area contributed by atoms with Crippen LogP contribution in [-0.4, -0.2) is 31.2 Å². The molecule has 0 fully saturated rings. The third-order valence-electron chi connectivity index (χ3n) is 2.06. The number of hydrogen-bond acceptors (Lipinski definition) is 4. The van der Waals surface area contributed by atoms with E-state index in [4.69, 9.17) is 16.3 Å². The van der Waals surface area contributed by atoms with Gasteiger partial charge in [0.2, 0.25) is 0 Å². The highest BCUT2D eigenvalue weighted by Crippen LogP contribution is 2.20. The molecule has 5 heteroatoms. The number of esters is 1. The molecule has 0 saturated heterocycles. The lowest BCUT2D eigenvalue weighted by atomic mass is 10.3. The zero-order chi connectivity index (χ0) is 12.0. The van der Waals surface area contributed by atoms with Crippen molar-refractivity contribution in [1.29, 1.82) is 0 Å². The molecule has 1 aromatic heterocycles. The van der Waals surface area contributed by atoms with Crippen LogP contribution in [0.25, 0.3) is 0 Å². The molecule has 4 nitrogen and oxygen atoms in total. The Labute approximate surface area is 100 Å². The van der Waals surface area contributed by atoms with Gasteiger partial charge in [0.25, 0.3) is 0 Å². The van der Waals surface area contributed by atoms with Crippen molar-refractivity contribution in [2.45, 2.75) is 13.3 Å². The molecule has 1 heterocycles.